The van der Waals surface area contributed by atoms with Crippen LogP contribution in [0.2, 0.25) is 5.02 Å². The lowest BCUT2D eigenvalue weighted by Crippen LogP contribution is -2.44. The molecule has 1 aliphatic carbocycles. The number of nitrogens with one attached hydrogen (secondary N) is 6. The first-order chi connectivity index (χ1) is 29.2. The Hall–Kier alpha value is -7.28. The van der Waals surface area contributed by atoms with Crippen molar-refractivity contribution in [3.05, 3.63) is 125 Å². The van der Waals surface area contributed by atoms with Crippen LogP contribution in [0.15, 0.2) is 103 Å². The lowest BCUT2D eigenvalue weighted by molar-refractivity contribution is -0.154. The molecule has 0 spiro atoms. The van der Waals surface area contributed by atoms with Crippen LogP contribution in [-0.4, -0.2) is 77.0 Å². The highest BCUT2D eigenvalue weighted by Gasteiger charge is 2.45. The summed E-state index contributed by atoms with van der Waals surface area (Å²) in [6.45, 7) is -1.85. The molecule has 6 N–H and O–H groups in total. The summed E-state index contributed by atoms with van der Waals surface area (Å²) in [5.74, 6) is -4.20. The van der Waals surface area contributed by atoms with E-state index < -0.39 is 60.0 Å². The summed E-state index contributed by atoms with van der Waals surface area (Å²) in [6.07, 6.45) is -3.41. The Balaban J connectivity index is 1.03. The van der Waals surface area contributed by atoms with Crippen molar-refractivity contribution in [3.8, 4) is 6.01 Å². The van der Waals surface area contributed by atoms with E-state index in [4.69, 9.17) is 21.1 Å². The zero-order valence-electron chi connectivity index (χ0n) is 32.1. The van der Waals surface area contributed by atoms with Crippen LogP contribution in [0.4, 0.5) is 42.1 Å². The van der Waals surface area contributed by atoms with Crippen molar-refractivity contribution >= 4 is 70.2 Å². The SMILES string of the molecule is COC(=O)[C@@H](CCNC(=O)C(=O)Nc1cccc(C(=O)Nc2ccccc2)c1)NC(=O)c1ccc(Nc2nc(NC3(c4ccc(Cl)cc4)CC3)nc(OCC(F)(F)F)n2)cc1. The monoisotopic (exact) mass is 859 g/mol. The van der Waals surface area contributed by atoms with Gasteiger partial charge in [-0.1, -0.05) is 48.0 Å². The quantitative estimate of drug-likeness (QED) is 0.0500. The number of nitrogens with zero attached hydrogens (tertiary/aromatic N) is 3. The first-order valence-electron chi connectivity index (χ1n) is 18.5. The molecule has 5 aromatic rings. The largest absolute Gasteiger partial charge is 0.467 e. The predicted octanol–water partition coefficient (Wildman–Crippen LogP) is 5.98. The topological polar surface area (TPSA) is 215 Å². The third-order valence-corrected chi connectivity index (χ3v) is 9.26. The van der Waals surface area contributed by atoms with Crippen LogP contribution in [0.3, 0.4) is 0 Å². The van der Waals surface area contributed by atoms with E-state index in [0.717, 1.165) is 12.7 Å². The number of carbonyl (C=O) groups excluding carboxylic acids is 5. The molecule has 1 saturated carbocycles. The highest BCUT2D eigenvalue weighted by Crippen LogP contribution is 2.48. The van der Waals surface area contributed by atoms with E-state index in [-0.39, 0.29) is 41.7 Å². The molecule has 1 aliphatic rings. The lowest BCUT2D eigenvalue weighted by atomic mass is 10.1. The van der Waals surface area contributed by atoms with Gasteiger partial charge in [-0.05, 0) is 91.6 Å². The predicted molar refractivity (Wildman–Crippen MR) is 217 cm³/mol. The van der Waals surface area contributed by atoms with Gasteiger partial charge in [0.15, 0.2) is 6.61 Å². The number of rotatable bonds is 16. The molecule has 0 radical (unpaired) electrons. The fourth-order valence-electron chi connectivity index (χ4n) is 5.80. The van der Waals surface area contributed by atoms with Gasteiger partial charge in [-0.3, -0.25) is 19.2 Å². The number of carbonyl (C=O) groups is 5. The number of amides is 4. The van der Waals surface area contributed by atoms with Gasteiger partial charge in [-0.15, -0.1) is 0 Å². The van der Waals surface area contributed by atoms with E-state index in [9.17, 15) is 37.1 Å². The van der Waals surface area contributed by atoms with Gasteiger partial charge >= 0.3 is 30.0 Å². The Kier molecular flexibility index (Phi) is 13.6. The van der Waals surface area contributed by atoms with Crippen LogP contribution in [0, 0.1) is 0 Å². The molecule has 0 saturated heterocycles. The zero-order valence-corrected chi connectivity index (χ0v) is 32.9. The fourth-order valence-corrected chi connectivity index (χ4v) is 5.93. The molecule has 4 amide bonds. The van der Waals surface area contributed by atoms with Crippen molar-refractivity contribution in [3.63, 3.8) is 0 Å². The Labute approximate surface area is 351 Å². The summed E-state index contributed by atoms with van der Waals surface area (Å²) in [4.78, 5) is 75.9. The number of hydrogen-bond acceptors (Lipinski definition) is 12. The Morgan fingerprint density at radius 3 is 2.11 bits per heavy atom. The maximum Gasteiger partial charge on any atom is 0.422 e. The van der Waals surface area contributed by atoms with Gasteiger partial charge in [0.1, 0.15) is 6.04 Å². The van der Waals surface area contributed by atoms with E-state index >= 15 is 0 Å². The van der Waals surface area contributed by atoms with Gasteiger partial charge in [-0.2, -0.15) is 28.1 Å². The third kappa shape index (κ3) is 12.4. The van der Waals surface area contributed by atoms with Crippen molar-refractivity contribution in [2.24, 2.45) is 0 Å². The van der Waals surface area contributed by atoms with Crippen molar-refractivity contribution in [2.75, 3.05) is 41.5 Å². The number of ether oxygens (including phenoxy) is 2. The summed E-state index contributed by atoms with van der Waals surface area (Å²) in [6, 6.07) is 25.8. The molecule has 20 heteroatoms. The van der Waals surface area contributed by atoms with Crippen molar-refractivity contribution in [2.45, 2.75) is 37.0 Å². The number of benzene rings is 4. The number of methoxy groups -OCH3 is 1. The average molecular weight is 860 g/mol. The molecule has 1 atom stereocenters. The second-order valence-corrected chi connectivity index (χ2v) is 14.0. The van der Waals surface area contributed by atoms with Gasteiger partial charge in [0.25, 0.3) is 11.8 Å². The molecule has 0 bridgehead atoms. The van der Waals surface area contributed by atoms with Crippen LogP contribution in [0.1, 0.15) is 45.5 Å². The Morgan fingerprint density at radius 1 is 0.754 bits per heavy atom. The number of alkyl halides is 3. The second kappa shape index (κ2) is 19.2. The number of halogens is 4. The van der Waals surface area contributed by atoms with Gasteiger partial charge in [-0.25, -0.2) is 4.79 Å². The van der Waals surface area contributed by atoms with Crippen LogP contribution in [0.25, 0.3) is 0 Å². The van der Waals surface area contributed by atoms with Gasteiger partial charge in [0.05, 0.1) is 12.6 Å². The van der Waals surface area contributed by atoms with E-state index in [1.807, 2.05) is 12.1 Å². The molecular weight excluding hydrogens is 823 g/mol. The number of esters is 1. The van der Waals surface area contributed by atoms with Crippen molar-refractivity contribution in [1.29, 1.82) is 0 Å². The first-order valence-corrected chi connectivity index (χ1v) is 18.9. The average Bonchev–Trinajstić information content (AvgIpc) is 4.02. The van der Waals surface area contributed by atoms with E-state index in [2.05, 4.69) is 46.9 Å². The van der Waals surface area contributed by atoms with Crippen LogP contribution >= 0.6 is 11.6 Å². The number of para-hydroxylation sites is 1. The number of anilines is 5. The van der Waals surface area contributed by atoms with Crippen LogP contribution in [0.5, 0.6) is 6.01 Å². The minimum atomic E-state index is -4.65. The highest BCUT2D eigenvalue weighted by atomic mass is 35.5. The fraction of sp³-hybridized carbons (Fsp3) is 0.220. The molecule has 0 aliphatic heterocycles. The van der Waals surface area contributed by atoms with Crippen molar-refractivity contribution in [1.82, 2.24) is 25.6 Å². The summed E-state index contributed by atoms with van der Waals surface area (Å²) in [7, 11) is 1.12. The van der Waals surface area contributed by atoms with Crippen molar-refractivity contribution < 1.29 is 46.6 Å². The van der Waals surface area contributed by atoms with Crippen LogP contribution in [-0.2, 0) is 24.7 Å². The minimum absolute atomic E-state index is 0.0424. The molecule has 1 fully saturated rings. The lowest BCUT2D eigenvalue weighted by Gasteiger charge is -2.19. The van der Waals surface area contributed by atoms with E-state index in [1.54, 1.807) is 42.5 Å². The minimum Gasteiger partial charge on any atom is -0.467 e. The normalized spacial score (nSPS) is 13.1. The van der Waals surface area contributed by atoms with Gasteiger partial charge < -0.3 is 41.4 Å². The molecule has 4 aromatic carbocycles. The molecule has 61 heavy (non-hydrogen) atoms. The van der Waals surface area contributed by atoms with Gasteiger partial charge in [0.2, 0.25) is 11.9 Å². The maximum absolute atomic E-state index is 13.2. The summed E-state index contributed by atoms with van der Waals surface area (Å²) in [5.41, 5.74) is 1.75. The Morgan fingerprint density at radius 2 is 1.44 bits per heavy atom. The highest BCUT2D eigenvalue weighted by molar-refractivity contribution is 6.39. The third-order valence-electron chi connectivity index (χ3n) is 9.01. The molecule has 6 rings (SSSR count). The summed E-state index contributed by atoms with van der Waals surface area (Å²) >= 11 is 6.04. The number of hydrogen-bond donors (Lipinski definition) is 6. The zero-order chi connectivity index (χ0) is 43.6. The van der Waals surface area contributed by atoms with Gasteiger partial charge in [0, 0.05) is 39.8 Å². The Bertz CT molecular complexity index is 2390. The van der Waals surface area contributed by atoms with Crippen LogP contribution < -0.4 is 36.6 Å². The molecule has 16 nitrogen and oxygen atoms in total. The molecular formula is C41H37ClF3N9O7. The first kappa shape index (κ1) is 43.3. The number of aromatic nitrogens is 3. The standard InChI is InChI=1S/C41H37ClF3N9O7/c1-60-36(59)31(18-21-46-34(57)35(58)48-30-9-5-6-25(22-30)33(56)47-28-7-3-2-4-8-28)50-32(55)24-10-16-29(17-11-24)49-37-51-38(53-39(52-37)61-23-41(43,44)45)54-40(19-20-40)26-12-14-27(42)15-13-26/h2-17,22,31H,18-21,23H2,1H3,(H,46,57)(H,47,56)(H,48,58)(H,50,55)(H2,49,51,52,53,54)/t31-/m1/s1. The summed E-state index contributed by atoms with van der Waals surface area (Å²) in [5, 5.41) is 16.7. The van der Waals surface area contributed by atoms with E-state index in [1.165, 1.54) is 48.5 Å². The smallest absolute Gasteiger partial charge is 0.422 e. The van der Waals surface area contributed by atoms with E-state index in [0.29, 0.717) is 29.2 Å². The molecule has 0 unspecified atom stereocenters. The molecule has 1 aromatic heterocycles. The second-order valence-electron chi connectivity index (χ2n) is 13.5. The molecule has 316 valence electrons. The maximum atomic E-state index is 13.2. The molecule has 1 heterocycles. The summed E-state index contributed by atoms with van der Waals surface area (Å²) < 4.78 is 48.6.